The topological polar surface area (TPSA) is 64.6 Å². The second kappa shape index (κ2) is 8.88. The number of hydrogen-bond donors (Lipinski definition) is 1. The van der Waals surface area contributed by atoms with Gasteiger partial charge in [0.05, 0.1) is 11.3 Å². The second-order valence-electron chi connectivity index (χ2n) is 4.99. The van der Waals surface area contributed by atoms with E-state index in [0.717, 1.165) is 15.7 Å². The van der Waals surface area contributed by atoms with E-state index < -0.39 is 42.5 Å². The highest BCUT2D eigenvalue weighted by atomic mass is 127. The van der Waals surface area contributed by atoms with Crippen molar-refractivity contribution in [3.63, 3.8) is 0 Å². The van der Waals surface area contributed by atoms with Crippen LogP contribution in [-0.2, 0) is 20.5 Å². The minimum absolute atomic E-state index is 0.406. The average Bonchev–Trinajstić information content (AvgIpc) is 2.59. The van der Waals surface area contributed by atoms with Crippen LogP contribution in [0, 0.1) is 3.57 Å². The molecule has 1 amide bonds. The molecule has 0 bridgehead atoms. The first kappa shape index (κ1) is 20.0. The number of amides is 1. The van der Waals surface area contributed by atoms with Gasteiger partial charge in [-0.05, 0) is 59.0 Å². The molecule has 0 fully saturated rings. The van der Waals surface area contributed by atoms with Gasteiger partial charge in [-0.1, -0.05) is 12.1 Å². The van der Waals surface area contributed by atoms with E-state index in [-0.39, 0.29) is 0 Å². The zero-order valence-corrected chi connectivity index (χ0v) is 15.3. The number of ether oxygens (including phenoxy) is 2. The van der Waals surface area contributed by atoms with Gasteiger partial charge in [-0.15, -0.1) is 0 Å². The molecule has 2 aromatic carbocycles. The molecule has 0 heterocycles. The number of anilines is 1. The molecule has 0 spiro atoms. The number of esters is 1. The van der Waals surface area contributed by atoms with E-state index >= 15 is 0 Å². The number of benzene rings is 2. The van der Waals surface area contributed by atoms with Gasteiger partial charge in [0.15, 0.2) is 13.2 Å². The summed E-state index contributed by atoms with van der Waals surface area (Å²) < 4.78 is 49.4. The third-order valence-corrected chi connectivity index (χ3v) is 3.76. The third kappa shape index (κ3) is 6.21. The van der Waals surface area contributed by atoms with Crippen LogP contribution in [0.2, 0.25) is 0 Å². The molecule has 0 aliphatic rings. The van der Waals surface area contributed by atoms with Crippen LogP contribution in [-0.4, -0.2) is 25.1 Å². The Balaban J connectivity index is 1.82. The van der Waals surface area contributed by atoms with Gasteiger partial charge in [0.25, 0.3) is 5.91 Å². The number of para-hydroxylation sites is 1. The summed E-state index contributed by atoms with van der Waals surface area (Å²) in [7, 11) is 0. The van der Waals surface area contributed by atoms with Crippen LogP contribution in [0.4, 0.5) is 18.9 Å². The SMILES string of the molecule is O=C(COC(=O)COc1ccc(I)cc1)Nc1ccccc1C(F)(F)F. The molecule has 138 valence electrons. The summed E-state index contributed by atoms with van der Waals surface area (Å²) >= 11 is 2.11. The van der Waals surface area contributed by atoms with Gasteiger partial charge in [-0.3, -0.25) is 4.79 Å². The van der Waals surface area contributed by atoms with Crippen LogP contribution < -0.4 is 10.1 Å². The molecule has 2 rings (SSSR count). The summed E-state index contributed by atoms with van der Waals surface area (Å²) in [4.78, 5) is 23.3. The lowest BCUT2D eigenvalue weighted by Gasteiger charge is -2.13. The van der Waals surface area contributed by atoms with Gasteiger partial charge < -0.3 is 14.8 Å². The predicted octanol–water partition coefficient (Wildman–Crippen LogP) is 3.87. The standard InChI is InChI=1S/C17H13F3INO4/c18-17(19,20)13-3-1-2-4-14(13)22-15(23)9-26-16(24)10-25-12-7-5-11(21)6-8-12/h1-8H,9-10H2,(H,22,23). The molecule has 1 N–H and O–H groups in total. The normalized spacial score (nSPS) is 10.9. The highest BCUT2D eigenvalue weighted by molar-refractivity contribution is 14.1. The number of hydrogen-bond acceptors (Lipinski definition) is 4. The fraction of sp³-hybridized carbons (Fsp3) is 0.176. The first-order chi connectivity index (χ1) is 12.3. The Kier molecular flexibility index (Phi) is 6.83. The van der Waals surface area contributed by atoms with Crippen molar-refractivity contribution in [1.29, 1.82) is 0 Å². The summed E-state index contributed by atoms with van der Waals surface area (Å²) in [5.41, 5.74) is -1.39. The number of carbonyl (C=O) groups is 2. The van der Waals surface area contributed by atoms with Crippen LogP contribution in [0.15, 0.2) is 48.5 Å². The Hall–Kier alpha value is -2.30. The Morgan fingerprint density at radius 3 is 2.31 bits per heavy atom. The number of nitrogens with one attached hydrogen (secondary N) is 1. The van der Waals surface area contributed by atoms with Gasteiger partial charge in [0.1, 0.15) is 5.75 Å². The van der Waals surface area contributed by atoms with Crippen molar-refractivity contribution in [2.45, 2.75) is 6.18 Å². The largest absolute Gasteiger partial charge is 0.482 e. The minimum atomic E-state index is -4.61. The molecule has 0 aromatic heterocycles. The highest BCUT2D eigenvalue weighted by Crippen LogP contribution is 2.34. The highest BCUT2D eigenvalue weighted by Gasteiger charge is 2.33. The Bertz CT molecular complexity index is 778. The van der Waals surface area contributed by atoms with Gasteiger partial charge in [-0.25, -0.2) is 4.79 Å². The zero-order valence-electron chi connectivity index (χ0n) is 13.2. The molecule has 0 saturated heterocycles. The number of halogens is 4. The molecule has 0 radical (unpaired) electrons. The van der Waals surface area contributed by atoms with Crippen LogP contribution in [0.3, 0.4) is 0 Å². The van der Waals surface area contributed by atoms with E-state index in [1.807, 2.05) is 0 Å². The molecule has 0 unspecified atom stereocenters. The Labute approximate surface area is 160 Å². The van der Waals surface area contributed by atoms with E-state index in [2.05, 4.69) is 32.6 Å². The number of rotatable bonds is 6. The number of alkyl halides is 3. The van der Waals surface area contributed by atoms with Crippen LogP contribution >= 0.6 is 22.6 Å². The van der Waals surface area contributed by atoms with Crippen LogP contribution in [0.5, 0.6) is 5.75 Å². The van der Waals surface area contributed by atoms with Crippen molar-refractivity contribution in [1.82, 2.24) is 0 Å². The minimum Gasteiger partial charge on any atom is -0.482 e. The maximum Gasteiger partial charge on any atom is 0.418 e. The van der Waals surface area contributed by atoms with E-state index in [1.54, 1.807) is 24.3 Å². The summed E-state index contributed by atoms with van der Waals surface area (Å²) in [6.45, 7) is -1.14. The van der Waals surface area contributed by atoms with Crippen molar-refractivity contribution >= 4 is 40.2 Å². The smallest absolute Gasteiger partial charge is 0.418 e. The van der Waals surface area contributed by atoms with Gasteiger partial charge in [0.2, 0.25) is 0 Å². The quantitative estimate of drug-likeness (QED) is 0.505. The van der Waals surface area contributed by atoms with Gasteiger partial charge in [-0.2, -0.15) is 13.2 Å². The van der Waals surface area contributed by atoms with Gasteiger partial charge >= 0.3 is 12.1 Å². The Morgan fingerprint density at radius 1 is 1.00 bits per heavy atom. The summed E-state index contributed by atoms with van der Waals surface area (Å²) in [6, 6.07) is 11.4. The molecule has 0 aliphatic carbocycles. The van der Waals surface area contributed by atoms with E-state index in [9.17, 15) is 22.8 Å². The molecule has 0 aliphatic heterocycles. The van der Waals surface area contributed by atoms with E-state index in [4.69, 9.17) is 4.74 Å². The summed E-state index contributed by atoms with van der Waals surface area (Å²) in [5, 5.41) is 2.07. The van der Waals surface area contributed by atoms with E-state index in [0.29, 0.717) is 5.75 Å². The first-order valence-corrected chi connectivity index (χ1v) is 8.33. The molecular formula is C17H13F3INO4. The summed E-state index contributed by atoms with van der Waals surface area (Å²) in [6.07, 6.45) is -4.61. The first-order valence-electron chi connectivity index (χ1n) is 7.26. The fourth-order valence-corrected chi connectivity index (χ4v) is 2.25. The van der Waals surface area contributed by atoms with Crippen molar-refractivity contribution in [2.75, 3.05) is 18.5 Å². The third-order valence-electron chi connectivity index (χ3n) is 3.04. The zero-order chi connectivity index (χ0) is 19.2. The fourth-order valence-electron chi connectivity index (χ4n) is 1.89. The second-order valence-corrected chi connectivity index (χ2v) is 6.24. The molecule has 0 saturated carbocycles. The summed E-state index contributed by atoms with van der Waals surface area (Å²) in [5.74, 6) is -1.25. The molecule has 2 aromatic rings. The lowest BCUT2D eigenvalue weighted by molar-refractivity contribution is -0.149. The molecule has 9 heteroatoms. The predicted molar refractivity (Wildman–Crippen MR) is 95.7 cm³/mol. The van der Waals surface area contributed by atoms with Crippen molar-refractivity contribution < 1.29 is 32.2 Å². The van der Waals surface area contributed by atoms with Crippen molar-refractivity contribution in [2.24, 2.45) is 0 Å². The van der Waals surface area contributed by atoms with Gasteiger partial charge in [0, 0.05) is 3.57 Å². The van der Waals surface area contributed by atoms with E-state index in [1.165, 1.54) is 12.1 Å². The lowest BCUT2D eigenvalue weighted by atomic mass is 10.1. The molecule has 0 atom stereocenters. The lowest BCUT2D eigenvalue weighted by Crippen LogP contribution is -2.24. The van der Waals surface area contributed by atoms with Crippen LogP contribution in [0.25, 0.3) is 0 Å². The average molecular weight is 479 g/mol. The van der Waals surface area contributed by atoms with Crippen LogP contribution in [0.1, 0.15) is 5.56 Å². The van der Waals surface area contributed by atoms with Crippen molar-refractivity contribution in [3.8, 4) is 5.75 Å². The van der Waals surface area contributed by atoms with Crippen molar-refractivity contribution in [3.05, 3.63) is 57.7 Å². The maximum absolute atomic E-state index is 12.8. The molecule has 26 heavy (non-hydrogen) atoms. The monoisotopic (exact) mass is 479 g/mol. The number of carbonyl (C=O) groups excluding carboxylic acids is 2. The maximum atomic E-state index is 12.8. The molecular weight excluding hydrogens is 466 g/mol. The Morgan fingerprint density at radius 2 is 1.65 bits per heavy atom. The molecule has 5 nitrogen and oxygen atoms in total.